The van der Waals surface area contributed by atoms with Crippen LogP contribution < -0.4 is 10.6 Å². The number of hydrogen-bond donors (Lipinski definition) is 1. The molecule has 1 N–H and O–H groups in total. The van der Waals surface area contributed by atoms with Crippen molar-refractivity contribution >= 4 is 12.4 Å². The quantitative estimate of drug-likeness (QED) is 0.465. The zero-order valence-electron chi connectivity index (χ0n) is 4.18. The van der Waals surface area contributed by atoms with Crippen LogP contribution in [0.3, 0.4) is 0 Å². The molecule has 0 aliphatic carbocycles. The minimum absolute atomic E-state index is 0. The Bertz CT molecular complexity index is 25.2. The number of halogens is 1. The van der Waals surface area contributed by atoms with Crippen molar-refractivity contribution in [3.8, 4) is 0 Å². The van der Waals surface area contributed by atoms with E-state index >= 15 is 0 Å². The number of nitrogens with zero attached hydrogens (tertiary/aromatic N) is 1. The van der Waals surface area contributed by atoms with Gasteiger partial charge in [0.25, 0.3) is 0 Å². The van der Waals surface area contributed by atoms with Crippen LogP contribution in [0.4, 0.5) is 0 Å². The van der Waals surface area contributed by atoms with Crippen molar-refractivity contribution in [2.75, 3.05) is 26.2 Å². The van der Waals surface area contributed by atoms with Crippen LogP contribution in [0.15, 0.2) is 0 Å². The van der Waals surface area contributed by atoms with Gasteiger partial charge >= 0.3 is 0 Å². The summed E-state index contributed by atoms with van der Waals surface area (Å²) in [5.41, 5.74) is 0. The molecule has 1 heterocycles. The first-order valence-corrected chi connectivity index (χ1v) is 2.34. The van der Waals surface area contributed by atoms with Gasteiger partial charge in [-0.15, -0.1) is 12.4 Å². The molecule has 0 atom stereocenters. The van der Waals surface area contributed by atoms with Crippen LogP contribution in [-0.4, -0.2) is 26.2 Å². The maximum atomic E-state index is 4.11. The molecule has 0 saturated carbocycles. The summed E-state index contributed by atoms with van der Waals surface area (Å²) in [5.74, 6) is 0. The van der Waals surface area contributed by atoms with Gasteiger partial charge in [0, 0.05) is 26.2 Å². The second kappa shape index (κ2) is 4.37. The fourth-order valence-corrected chi connectivity index (χ4v) is 0.553. The summed E-state index contributed by atoms with van der Waals surface area (Å²) in [6.07, 6.45) is 0. The number of nitrogens with one attached hydrogen (secondary N) is 1. The summed E-state index contributed by atoms with van der Waals surface area (Å²) in [4.78, 5) is 0. The molecule has 0 aromatic rings. The maximum absolute atomic E-state index is 4.11. The molecule has 1 aliphatic heterocycles. The molecule has 1 fully saturated rings. The molecule has 0 bridgehead atoms. The zero-order chi connectivity index (χ0) is 4.24. The molecule has 43 valence electrons. The second-order valence-corrected chi connectivity index (χ2v) is 1.42. The smallest absolute Gasteiger partial charge is 0.0259 e. The van der Waals surface area contributed by atoms with E-state index in [0.29, 0.717) is 0 Å². The molecular formula is C4H10ClN2. The van der Waals surface area contributed by atoms with Gasteiger partial charge in [-0.25, -0.2) is 5.32 Å². The Morgan fingerprint density at radius 3 is 1.86 bits per heavy atom. The predicted octanol–water partition coefficient (Wildman–Crippen LogP) is -0.384. The molecule has 0 aromatic heterocycles. The number of rotatable bonds is 0. The van der Waals surface area contributed by atoms with E-state index in [1.54, 1.807) is 0 Å². The molecule has 0 unspecified atom stereocenters. The molecule has 1 aliphatic rings. The predicted molar refractivity (Wildman–Crippen MR) is 32.0 cm³/mol. The van der Waals surface area contributed by atoms with Gasteiger partial charge in [0.2, 0.25) is 0 Å². The van der Waals surface area contributed by atoms with E-state index in [-0.39, 0.29) is 12.4 Å². The molecule has 1 radical (unpaired) electrons. The SMILES string of the molecule is C1CNCC[N]1.Cl. The van der Waals surface area contributed by atoms with Crippen molar-refractivity contribution in [3.63, 3.8) is 0 Å². The van der Waals surface area contributed by atoms with E-state index in [4.69, 9.17) is 0 Å². The van der Waals surface area contributed by atoms with Crippen molar-refractivity contribution in [1.82, 2.24) is 10.6 Å². The number of piperazine rings is 1. The summed E-state index contributed by atoms with van der Waals surface area (Å²) in [6.45, 7) is 4.19. The second-order valence-electron chi connectivity index (χ2n) is 1.42. The Balaban J connectivity index is 0.000000360. The van der Waals surface area contributed by atoms with Crippen LogP contribution >= 0.6 is 12.4 Å². The van der Waals surface area contributed by atoms with E-state index in [1.807, 2.05) is 0 Å². The van der Waals surface area contributed by atoms with Gasteiger partial charge in [0.05, 0.1) is 0 Å². The van der Waals surface area contributed by atoms with Crippen LogP contribution in [0.25, 0.3) is 0 Å². The van der Waals surface area contributed by atoms with Gasteiger partial charge in [-0.2, -0.15) is 0 Å². The average molecular weight is 122 g/mol. The van der Waals surface area contributed by atoms with Gasteiger partial charge in [-0.1, -0.05) is 0 Å². The highest BCUT2D eigenvalue weighted by atomic mass is 35.5. The van der Waals surface area contributed by atoms with Crippen LogP contribution in [0.1, 0.15) is 0 Å². The zero-order valence-corrected chi connectivity index (χ0v) is 5.00. The highest BCUT2D eigenvalue weighted by Gasteiger charge is 1.93. The normalized spacial score (nSPS) is 20.6. The van der Waals surface area contributed by atoms with Crippen molar-refractivity contribution < 1.29 is 0 Å². The standard InChI is InChI=1S/C4H9N2.ClH/c1-2-6-4-3-5-1;/h5H,1-4H2;1H. The Hall–Kier alpha value is 0.210. The minimum atomic E-state index is 0. The molecule has 1 saturated heterocycles. The third kappa shape index (κ3) is 2.85. The van der Waals surface area contributed by atoms with Gasteiger partial charge in [-0.3, -0.25) is 0 Å². The molecular weight excluding hydrogens is 112 g/mol. The van der Waals surface area contributed by atoms with E-state index < -0.39 is 0 Å². The third-order valence-electron chi connectivity index (χ3n) is 0.893. The van der Waals surface area contributed by atoms with Crippen LogP contribution in [0, 0.1) is 0 Å². The van der Waals surface area contributed by atoms with Gasteiger partial charge < -0.3 is 5.32 Å². The van der Waals surface area contributed by atoms with Crippen molar-refractivity contribution in [2.24, 2.45) is 0 Å². The lowest BCUT2D eigenvalue weighted by Crippen LogP contribution is -2.35. The van der Waals surface area contributed by atoms with E-state index in [0.717, 1.165) is 26.2 Å². The lowest BCUT2D eigenvalue weighted by Gasteiger charge is -2.09. The Morgan fingerprint density at radius 1 is 1.14 bits per heavy atom. The van der Waals surface area contributed by atoms with Crippen molar-refractivity contribution in [2.45, 2.75) is 0 Å². The highest BCUT2D eigenvalue weighted by Crippen LogP contribution is 1.68. The fourth-order valence-electron chi connectivity index (χ4n) is 0.553. The lowest BCUT2D eigenvalue weighted by molar-refractivity contribution is 0.526. The van der Waals surface area contributed by atoms with E-state index in [9.17, 15) is 0 Å². The van der Waals surface area contributed by atoms with Crippen molar-refractivity contribution in [3.05, 3.63) is 0 Å². The molecule has 3 heteroatoms. The first-order valence-electron chi connectivity index (χ1n) is 2.34. The summed E-state index contributed by atoms with van der Waals surface area (Å²) < 4.78 is 0. The van der Waals surface area contributed by atoms with Gasteiger partial charge in [0.15, 0.2) is 0 Å². The highest BCUT2D eigenvalue weighted by molar-refractivity contribution is 5.85. The van der Waals surface area contributed by atoms with E-state index in [1.165, 1.54) is 0 Å². The summed E-state index contributed by atoms with van der Waals surface area (Å²) >= 11 is 0. The largest absolute Gasteiger partial charge is 0.314 e. The van der Waals surface area contributed by atoms with Crippen LogP contribution in [0.5, 0.6) is 0 Å². The fraction of sp³-hybridized carbons (Fsp3) is 1.00. The summed E-state index contributed by atoms with van der Waals surface area (Å²) in [5, 5.41) is 7.31. The van der Waals surface area contributed by atoms with Gasteiger partial charge in [0.1, 0.15) is 0 Å². The first-order chi connectivity index (χ1) is 3.00. The molecule has 1 rings (SSSR count). The Morgan fingerprint density at radius 2 is 1.71 bits per heavy atom. The van der Waals surface area contributed by atoms with Gasteiger partial charge in [-0.05, 0) is 0 Å². The average Bonchev–Trinajstić information content (AvgIpc) is 1.72. The molecule has 0 spiro atoms. The Kier molecular flexibility index (Phi) is 4.50. The molecule has 0 aromatic carbocycles. The lowest BCUT2D eigenvalue weighted by atomic mass is 10.4. The minimum Gasteiger partial charge on any atom is -0.314 e. The van der Waals surface area contributed by atoms with E-state index in [2.05, 4.69) is 10.6 Å². The van der Waals surface area contributed by atoms with Crippen molar-refractivity contribution in [1.29, 1.82) is 0 Å². The molecule has 0 amide bonds. The summed E-state index contributed by atoms with van der Waals surface area (Å²) in [6, 6.07) is 0. The molecule has 2 nitrogen and oxygen atoms in total. The first kappa shape index (κ1) is 7.21. The molecule has 7 heavy (non-hydrogen) atoms. The topological polar surface area (TPSA) is 26.1 Å². The number of hydrogen-bond acceptors (Lipinski definition) is 1. The van der Waals surface area contributed by atoms with Crippen LogP contribution in [-0.2, 0) is 0 Å². The van der Waals surface area contributed by atoms with Crippen LogP contribution in [0.2, 0.25) is 0 Å². The monoisotopic (exact) mass is 121 g/mol. The third-order valence-corrected chi connectivity index (χ3v) is 0.893. The maximum Gasteiger partial charge on any atom is 0.0259 e. The Labute approximate surface area is 50.1 Å². The summed E-state index contributed by atoms with van der Waals surface area (Å²) in [7, 11) is 0.